The second-order valence-corrected chi connectivity index (χ2v) is 9.94. The molecule has 0 aromatic heterocycles. The minimum absolute atomic E-state index is 0.0972. The van der Waals surface area contributed by atoms with Crippen molar-refractivity contribution in [1.82, 2.24) is 0 Å². The molecule has 5 rings (SSSR count). The Bertz CT molecular complexity index is 573. The lowest BCUT2D eigenvalue weighted by molar-refractivity contribution is -0.161. The molecule has 8 atom stereocenters. The average Bonchev–Trinajstić information content (AvgIpc) is 3.17. The minimum Gasteiger partial charge on any atom is -0.462 e. The number of carbonyl (C=O) groups is 1. The molecular weight excluding hydrogens is 300 g/mol. The van der Waals surface area contributed by atoms with E-state index in [1.807, 2.05) is 0 Å². The van der Waals surface area contributed by atoms with Crippen LogP contribution in [-0.4, -0.2) is 23.8 Å². The van der Waals surface area contributed by atoms with Crippen molar-refractivity contribution in [3.8, 4) is 0 Å². The van der Waals surface area contributed by atoms with Gasteiger partial charge in [0.2, 0.25) is 0 Å². The summed E-state index contributed by atoms with van der Waals surface area (Å²) in [6, 6.07) is 0. The molecule has 4 saturated carbocycles. The number of carbonyl (C=O) groups excluding carboxylic acids is 1. The molecule has 0 N–H and O–H groups in total. The van der Waals surface area contributed by atoms with Gasteiger partial charge in [0.15, 0.2) is 0 Å². The van der Waals surface area contributed by atoms with E-state index in [0.29, 0.717) is 11.5 Å². The largest absolute Gasteiger partial charge is 0.462 e. The van der Waals surface area contributed by atoms with Crippen molar-refractivity contribution in [2.75, 3.05) is 0 Å². The zero-order chi connectivity index (χ0) is 16.7. The molecule has 134 valence electrons. The van der Waals surface area contributed by atoms with Crippen LogP contribution in [0.3, 0.4) is 0 Å². The lowest BCUT2D eigenvalue weighted by Gasteiger charge is -2.59. The van der Waals surface area contributed by atoms with Gasteiger partial charge < -0.3 is 9.47 Å². The lowest BCUT2D eigenvalue weighted by atomic mass is 9.45. The smallest absolute Gasteiger partial charge is 0.302 e. The number of esters is 1. The maximum atomic E-state index is 11.5. The van der Waals surface area contributed by atoms with Crippen LogP contribution in [0.25, 0.3) is 0 Å². The van der Waals surface area contributed by atoms with Gasteiger partial charge in [0.1, 0.15) is 11.7 Å². The summed E-state index contributed by atoms with van der Waals surface area (Å²) in [6.07, 6.45) is 12.2. The van der Waals surface area contributed by atoms with Gasteiger partial charge in [-0.15, -0.1) is 0 Å². The average molecular weight is 332 g/mol. The molecule has 0 aromatic carbocycles. The number of hydrogen-bond acceptors (Lipinski definition) is 3. The first-order valence-corrected chi connectivity index (χ1v) is 10.3. The van der Waals surface area contributed by atoms with E-state index in [4.69, 9.17) is 9.47 Å². The molecule has 1 heterocycles. The van der Waals surface area contributed by atoms with Gasteiger partial charge in [0, 0.05) is 17.8 Å². The zero-order valence-corrected chi connectivity index (χ0v) is 15.5. The third-order valence-electron chi connectivity index (χ3n) is 9.27. The van der Waals surface area contributed by atoms with Crippen molar-refractivity contribution in [3.05, 3.63) is 0 Å². The van der Waals surface area contributed by atoms with Crippen LogP contribution in [0.2, 0.25) is 0 Å². The van der Waals surface area contributed by atoms with E-state index in [9.17, 15) is 4.79 Å². The highest BCUT2D eigenvalue weighted by atomic mass is 16.6. The fourth-order valence-corrected chi connectivity index (χ4v) is 8.09. The molecule has 1 saturated heterocycles. The summed E-state index contributed by atoms with van der Waals surface area (Å²) in [5.74, 6) is 2.29. The van der Waals surface area contributed by atoms with E-state index in [-0.39, 0.29) is 23.1 Å². The summed E-state index contributed by atoms with van der Waals surface area (Å²) in [6.45, 7) is 6.54. The number of hydrogen-bond donors (Lipinski definition) is 0. The molecule has 4 aliphatic carbocycles. The van der Waals surface area contributed by atoms with Crippen LogP contribution in [0.4, 0.5) is 0 Å². The van der Waals surface area contributed by atoms with Gasteiger partial charge in [-0.25, -0.2) is 0 Å². The molecule has 5 aliphatic rings. The third-order valence-corrected chi connectivity index (χ3v) is 9.27. The molecule has 0 bridgehead atoms. The van der Waals surface area contributed by atoms with Crippen molar-refractivity contribution in [3.63, 3.8) is 0 Å². The SMILES string of the molecule is CC(=O)OC1CCC2C3CCC45OC4CCCC5(C)C3CCC12C. The van der Waals surface area contributed by atoms with Crippen molar-refractivity contribution in [1.29, 1.82) is 0 Å². The molecule has 5 fully saturated rings. The number of epoxide rings is 1. The van der Waals surface area contributed by atoms with Crippen molar-refractivity contribution >= 4 is 5.97 Å². The van der Waals surface area contributed by atoms with E-state index in [1.54, 1.807) is 6.92 Å². The molecule has 3 nitrogen and oxygen atoms in total. The number of ether oxygens (including phenoxy) is 2. The van der Waals surface area contributed by atoms with Gasteiger partial charge in [-0.3, -0.25) is 4.79 Å². The Hall–Kier alpha value is -0.570. The molecule has 24 heavy (non-hydrogen) atoms. The van der Waals surface area contributed by atoms with Gasteiger partial charge >= 0.3 is 5.97 Å². The van der Waals surface area contributed by atoms with Crippen LogP contribution in [0.1, 0.15) is 78.6 Å². The Morgan fingerprint density at radius 3 is 2.62 bits per heavy atom. The summed E-state index contributed by atoms with van der Waals surface area (Å²) in [5, 5.41) is 0. The predicted molar refractivity (Wildman–Crippen MR) is 91.4 cm³/mol. The number of fused-ring (bicyclic) bond motifs is 4. The molecule has 3 heteroatoms. The maximum Gasteiger partial charge on any atom is 0.302 e. The van der Waals surface area contributed by atoms with E-state index < -0.39 is 0 Å². The second-order valence-electron chi connectivity index (χ2n) is 9.94. The Morgan fingerprint density at radius 1 is 1.00 bits per heavy atom. The fraction of sp³-hybridized carbons (Fsp3) is 0.952. The van der Waals surface area contributed by atoms with Gasteiger partial charge in [0.25, 0.3) is 0 Å². The Morgan fingerprint density at radius 2 is 1.83 bits per heavy atom. The van der Waals surface area contributed by atoms with Gasteiger partial charge in [-0.05, 0) is 69.1 Å². The third kappa shape index (κ3) is 1.75. The van der Waals surface area contributed by atoms with Gasteiger partial charge in [0.05, 0.1) is 6.10 Å². The molecule has 1 spiro atoms. The topological polar surface area (TPSA) is 38.8 Å². The molecule has 0 amide bonds. The minimum atomic E-state index is -0.0972. The summed E-state index contributed by atoms with van der Waals surface area (Å²) in [7, 11) is 0. The molecular formula is C21H32O3. The first-order valence-electron chi connectivity index (χ1n) is 10.3. The second kappa shape index (κ2) is 4.78. The molecule has 0 radical (unpaired) electrons. The van der Waals surface area contributed by atoms with Crippen molar-refractivity contribution in [2.24, 2.45) is 28.6 Å². The normalized spacial score (nSPS) is 58.0. The quantitative estimate of drug-likeness (QED) is 0.525. The highest BCUT2D eigenvalue weighted by Crippen LogP contribution is 2.72. The fourth-order valence-electron chi connectivity index (χ4n) is 8.09. The Kier molecular flexibility index (Phi) is 3.12. The summed E-state index contributed by atoms with van der Waals surface area (Å²) in [5.41, 5.74) is 0.861. The molecule has 1 aliphatic heterocycles. The molecule has 0 aromatic rings. The van der Waals surface area contributed by atoms with E-state index in [2.05, 4.69) is 13.8 Å². The van der Waals surface area contributed by atoms with E-state index >= 15 is 0 Å². The standard InChI is InChI=1S/C21H32O3/c1-13(22)23-17-7-6-15-14-8-12-21-18(24-21)5-4-10-20(21,3)16(14)9-11-19(15,17)2/h14-18H,4-12H2,1-3H3. The predicted octanol–water partition coefficient (Wildman–Crippen LogP) is 4.48. The Balaban J connectivity index is 1.44. The van der Waals surface area contributed by atoms with Crippen LogP contribution >= 0.6 is 0 Å². The summed E-state index contributed by atoms with van der Waals surface area (Å²) >= 11 is 0. The van der Waals surface area contributed by atoms with Crippen LogP contribution in [0, 0.1) is 28.6 Å². The summed E-state index contributed by atoms with van der Waals surface area (Å²) in [4.78, 5) is 11.5. The van der Waals surface area contributed by atoms with Crippen LogP contribution in [0.5, 0.6) is 0 Å². The monoisotopic (exact) mass is 332 g/mol. The lowest BCUT2D eigenvalue weighted by Crippen LogP contribution is -2.57. The first-order chi connectivity index (χ1) is 11.4. The van der Waals surface area contributed by atoms with Crippen LogP contribution < -0.4 is 0 Å². The van der Waals surface area contributed by atoms with E-state index in [1.165, 1.54) is 51.4 Å². The van der Waals surface area contributed by atoms with Crippen LogP contribution in [-0.2, 0) is 14.3 Å². The highest BCUT2D eigenvalue weighted by molar-refractivity contribution is 5.66. The highest BCUT2D eigenvalue weighted by Gasteiger charge is 2.74. The Labute approximate surface area is 145 Å². The first kappa shape index (κ1) is 15.7. The van der Waals surface area contributed by atoms with Crippen LogP contribution in [0.15, 0.2) is 0 Å². The van der Waals surface area contributed by atoms with E-state index in [0.717, 1.165) is 24.2 Å². The maximum absolute atomic E-state index is 11.5. The number of rotatable bonds is 1. The van der Waals surface area contributed by atoms with Gasteiger partial charge in [-0.1, -0.05) is 20.3 Å². The van der Waals surface area contributed by atoms with Crippen molar-refractivity contribution in [2.45, 2.75) is 96.4 Å². The zero-order valence-electron chi connectivity index (χ0n) is 15.5. The molecule has 8 unspecified atom stereocenters. The van der Waals surface area contributed by atoms with Crippen molar-refractivity contribution < 1.29 is 14.3 Å². The van der Waals surface area contributed by atoms with Gasteiger partial charge in [-0.2, -0.15) is 0 Å². The summed E-state index contributed by atoms with van der Waals surface area (Å²) < 4.78 is 12.1.